The van der Waals surface area contributed by atoms with E-state index in [2.05, 4.69) is 10.3 Å². The quantitative estimate of drug-likeness (QED) is 0.702. The van der Waals surface area contributed by atoms with Gasteiger partial charge >= 0.3 is 5.63 Å². The topological polar surface area (TPSA) is 60.1 Å². The van der Waals surface area contributed by atoms with Crippen molar-refractivity contribution in [3.05, 3.63) is 52.5 Å². The van der Waals surface area contributed by atoms with Crippen LogP contribution in [0.2, 0.25) is 0 Å². The number of nitrogens with one attached hydrogen (secondary N) is 1. The molecule has 2 aromatic heterocycles. The highest BCUT2D eigenvalue weighted by Crippen LogP contribution is 2.25. The molecule has 1 aromatic carbocycles. The monoisotopic (exact) mass is 301 g/mol. The number of imidazole rings is 1. The molecule has 4 rings (SSSR count). The molecule has 1 N–H and O–H groups in total. The Kier molecular flexibility index (Phi) is 2.62. The van der Waals surface area contributed by atoms with E-state index in [0.29, 0.717) is 17.0 Å². The van der Waals surface area contributed by atoms with Crippen LogP contribution in [0.1, 0.15) is 0 Å². The first kappa shape index (κ1) is 12.8. The van der Waals surface area contributed by atoms with E-state index >= 15 is 0 Å². The first-order chi connectivity index (χ1) is 10.6. The molecule has 0 unspecified atom stereocenters. The van der Waals surface area contributed by atoms with Gasteiger partial charge in [-0.3, -0.25) is 4.57 Å². The lowest BCUT2D eigenvalue weighted by molar-refractivity contribution is 0.556. The molecule has 3 heterocycles. The number of anilines is 1. The average molecular weight is 301 g/mol. The van der Waals surface area contributed by atoms with E-state index in [9.17, 15) is 13.6 Å². The molecule has 0 bridgehead atoms. The van der Waals surface area contributed by atoms with Crippen LogP contribution < -0.4 is 10.9 Å². The molecular formula is C15H9F2N3O2. The summed E-state index contributed by atoms with van der Waals surface area (Å²) in [5.74, 6) is -0.377. The smallest absolute Gasteiger partial charge is 0.345 e. The van der Waals surface area contributed by atoms with Gasteiger partial charge in [0.1, 0.15) is 17.2 Å². The molecule has 0 radical (unpaired) electrons. The summed E-state index contributed by atoms with van der Waals surface area (Å²) in [4.78, 5) is 16.3. The molecule has 5 nitrogen and oxygen atoms in total. The van der Waals surface area contributed by atoms with Gasteiger partial charge in [-0.25, -0.2) is 18.6 Å². The first-order valence-corrected chi connectivity index (χ1v) is 6.53. The van der Waals surface area contributed by atoms with Crippen molar-refractivity contribution in [1.82, 2.24) is 9.55 Å². The fourth-order valence-corrected chi connectivity index (χ4v) is 2.38. The van der Waals surface area contributed by atoms with E-state index in [1.165, 1.54) is 29.1 Å². The van der Waals surface area contributed by atoms with E-state index in [1.807, 2.05) is 0 Å². The molecule has 7 heteroatoms. The minimum absolute atomic E-state index is 0.0576. The van der Waals surface area contributed by atoms with Gasteiger partial charge in [0.05, 0.1) is 17.8 Å². The Balaban J connectivity index is 1.90. The normalized spacial score (nSPS) is 13.6. The Hall–Kier alpha value is -2.96. The summed E-state index contributed by atoms with van der Waals surface area (Å²) in [6.45, 7) is 0.0576. The lowest BCUT2D eigenvalue weighted by atomic mass is 10.1. The zero-order valence-corrected chi connectivity index (χ0v) is 11.1. The van der Waals surface area contributed by atoms with Crippen LogP contribution in [0.25, 0.3) is 28.4 Å². The summed E-state index contributed by atoms with van der Waals surface area (Å²) >= 11 is 0. The van der Waals surface area contributed by atoms with E-state index < -0.39 is 11.4 Å². The van der Waals surface area contributed by atoms with E-state index in [-0.39, 0.29) is 23.5 Å². The summed E-state index contributed by atoms with van der Waals surface area (Å²) in [7, 11) is 0. The maximum absolute atomic E-state index is 13.2. The molecular weight excluding hydrogens is 292 g/mol. The number of halogens is 2. The number of aromatic nitrogens is 2. The minimum Gasteiger partial charge on any atom is -0.422 e. The van der Waals surface area contributed by atoms with Gasteiger partial charge in [0.2, 0.25) is 5.95 Å². The Bertz CT molecular complexity index is 988. The summed E-state index contributed by atoms with van der Waals surface area (Å²) in [5, 5.41) is 3.37. The molecule has 1 aliphatic rings. The first-order valence-electron chi connectivity index (χ1n) is 6.53. The second-order valence-electron chi connectivity index (χ2n) is 4.92. The van der Waals surface area contributed by atoms with Crippen LogP contribution in [0.3, 0.4) is 0 Å². The molecule has 0 aliphatic carbocycles. The molecule has 0 amide bonds. The van der Waals surface area contributed by atoms with E-state index in [4.69, 9.17) is 4.42 Å². The molecule has 1 aliphatic heterocycles. The Morgan fingerprint density at radius 1 is 1.27 bits per heavy atom. The van der Waals surface area contributed by atoms with Crippen LogP contribution >= 0.6 is 0 Å². The number of hydrogen-bond acceptors (Lipinski definition) is 4. The van der Waals surface area contributed by atoms with Crippen molar-refractivity contribution < 1.29 is 13.2 Å². The maximum Gasteiger partial charge on any atom is 0.345 e. The standard InChI is InChI=1S/C15H9F2N3O2/c16-9-2-1-8-3-11(14(21)22-13(8)4-9)12-7-20-6-10(17)5-18-15(20)19-12/h1-4,6-7H,5H2,(H,18,19). The maximum atomic E-state index is 13.2. The largest absolute Gasteiger partial charge is 0.422 e. The Labute approximate surface area is 122 Å². The average Bonchev–Trinajstić information content (AvgIpc) is 2.89. The number of hydrogen-bond donors (Lipinski definition) is 1. The predicted molar refractivity (Wildman–Crippen MR) is 77.5 cm³/mol. The molecule has 0 fully saturated rings. The van der Waals surface area contributed by atoms with Crippen molar-refractivity contribution >= 4 is 23.1 Å². The molecule has 22 heavy (non-hydrogen) atoms. The fraction of sp³-hybridized carbons (Fsp3) is 0.0667. The molecule has 0 spiro atoms. The van der Waals surface area contributed by atoms with Crippen LogP contribution in [0.5, 0.6) is 0 Å². The van der Waals surface area contributed by atoms with Gasteiger partial charge in [0.15, 0.2) is 0 Å². The van der Waals surface area contributed by atoms with Crippen LogP contribution in [0.15, 0.2) is 45.5 Å². The molecule has 3 aromatic rings. The summed E-state index contributed by atoms with van der Waals surface area (Å²) in [5.41, 5.74) is 0.129. The van der Waals surface area contributed by atoms with E-state index in [0.717, 1.165) is 6.07 Å². The van der Waals surface area contributed by atoms with Crippen LogP contribution in [0, 0.1) is 5.82 Å². The highest BCUT2D eigenvalue weighted by Gasteiger charge is 2.16. The zero-order valence-electron chi connectivity index (χ0n) is 11.1. The predicted octanol–water partition coefficient (Wildman–Crippen LogP) is 2.99. The van der Waals surface area contributed by atoms with Gasteiger partial charge in [-0.1, -0.05) is 0 Å². The SMILES string of the molecule is O=c1oc2cc(F)ccc2cc1-c1cn2c(n1)NCC(F)=C2. The van der Waals surface area contributed by atoms with Crippen molar-refractivity contribution in [3.8, 4) is 11.3 Å². The summed E-state index contributed by atoms with van der Waals surface area (Å²) in [6.07, 6.45) is 2.82. The zero-order chi connectivity index (χ0) is 15.3. The van der Waals surface area contributed by atoms with Gasteiger partial charge in [0, 0.05) is 23.8 Å². The third kappa shape index (κ3) is 1.98. The molecule has 110 valence electrons. The summed E-state index contributed by atoms with van der Waals surface area (Å²) in [6, 6.07) is 5.53. The Morgan fingerprint density at radius 3 is 3.00 bits per heavy atom. The number of fused-ring (bicyclic) bond motifs is 2. The van der Waals surface area contributed by atoms with Gasteiger partial charge in [-0.2, -0.15) is 0 Å². The highest BCUT2D eigenvalue weighted by atomic mass is 19.1. The summed E-state index contributed by atoms with van der Waals surface area (Å²) < 4.78 is 33.0. The van der Waals surface area contributed by atoms with Gasteiger partial charge < -0.3 is 9.73 Å². The Morgan fingerprint density at radius 2 is 2.14 bits per heavy atom. The van der Waals surface area contributed by atoms with Crippen molar-refractivity contribution in [2.75, 3.05) is 11.9 Å². The number of nitrogens with zero attached hydrogens (tertiary/aromatic N) is 2. The second kappa shape index (κ2) is 4.52. The fourth-order valence-electron chi connectivity index (χ4n) is 2.38. The highest BCUT2D eigenvalue weighted by molar-refractivity contribution is 5.81. The van der Waals surface area contributed by atoms with Gasteiger partial charge in [-0.15, -0.1) is 0 Å². The number of benzene rings is 1. The van der Waals surface area contributed by atoms with Crippen LogP contribution in [0.4, 0.5) is 14.7 Å². The van der Waals surface area contributed by atoms with Crippen LogP contribution in [-0.4, -0.2) is 16.1 Å². The minimum atomic E-state index is -0.627. The van der Waals surface area contributed by atoms with Gasteiger partial charge in [-0.05, 0) is 18.2 Å². The van der Waals surface area contributed by atoms with Crippen molar-refractivity contribution in [1.29, 1.82) is 0 Å². The van der Waals surface area contributed by atoms with Crippen molar-refractivity contribution in [3.63, 3.8) is 0 Å². The van der Waals surface area contributed by atoms with Crippen molar-refractivity contribution in [2.24, 2.45) is 0 Å². The lowest BCUT2D eigenvalue weighted by Gasteiger charge is -2.10. The second-order valence-corrected chi connectivity index (χ2v) is 4.92. The molecule has 0 atom stereocenters. The third-order valence-corrected chi connectivity index (χ3v) is 3.40. The molecule has 0 saturated heterocycles. The van der Waals surface area contributed by atoms with Crippen LogP contribution in [-0.2, 0) is 0 Å². The molecule has 0 saturated carbocycles. The van der Waals surface area contributed by atoms with Gasteiger partial charge in [0.25, 0.3) is 0 Å². The number of rotatable bonds is 1. The van der Waals surface area contributed by atoms with Crippen molar-refractivity contribution in [2.45, 2.75) is 0 Å². The third-order valence-electron chi connectivity index (χ3n) is 3.40. The lowest BCUT2D eigenvalue weighted by Crippen LogP contribution is -2.11. The van der Waals surface area contributed by atoms with E-state index in [1.54, 1.807) is 6.07 Å².